The number of rotatable bonds is 6. The summed E-state index contributed by atoms with van der Waals surface area (Å²) in [6, 6.07) is 14.7. The Kier molecular flexibility index (Phi) is 5.81. The lowest BCUT2D eigenvalue weighted by Crippen LogP contribution is -2.12. The molecule has 2 rings (SSSR count). The summed E-state index contributed by atoms with van der Waals surface area (Å²) < 4.78 is 6.55. The fourth-order valence-corrected chi connectivity index (χ4v) is 2.23. The van der Waals surface area contributed by atoms with Crippen molar-refractivity contribution < 1.29 is 9.53 Å². The van der Waals surface area contributed by atoms with Gasteiger partial charge in [-0.2, -0.15) is 0 Å². The molecule has 3 nitrogen and oxygen atoms in total. The number of benzene rings is 2. The Hall–Kier alpha value is -1.81. The van der Waals surface area contributed by atoms with E-state index in [1.807, 2.05) is 36.4 Å². The molecule has 0 aromatic heterocycles. The van der Waals surface area contributed by atoms with Gasteiger partial charge in [-0.3, -0.25) is 4.79 Å². The number of carbonyl (C=O) groups is 1. The smallest absolute Gasteiger partial charge is 0.255 e. The lowest BCUT2D eigenvalue weighted by molar-refractivity contribution is 0.102. The Bertz CT molecular complexity index is 613. The van der Waals surface area contributed by atoms with Gasteiger partial charge in [0, 0.05) is 15.7 Å². The second kappa shape index (κ2) is 7.84. The van der Waals surface area contributed by atoms with Crippen molar-refractivity contribution in [2.45, 2.75) is 19.8 Å². The van der Waals surface area contributed by atoms with Crippen LogP contribution in [0.4, 0.5) is 5.69 Å². The van der Waals surface area contributed by atoms with Crippen LogP contribution in [0.15, 0.2) is 53.0 Å². The fraction of sp³-hybridized carbons (Fsp3) is 0.235. The third kappa shape index (κ3) is 4.90. The van der Waals surface area contributed by atoms with Crippen LogP contribution in [0.5, 0.6) is 5.75 Å². The van der Waals surface area contributed by atoms with Gasteiger partial charge in [0.1, 0.15) is 5.75 Å². The maximum atomic E-state index is 12.2. The molecule has 0 aliphatic heterocycles. The van der Waals surface area contributed by atoms with E-state index in [1.165, 1.54) is 0 Å². The molecule has 2 aromatic carbocycles. The van der Waals surface area contributed by atoms with Crippen LogP contribution >= 0.6 is 15.9 Å². The zero-order valence-corrected chi connectivity index (χ0v) is 13.5. The minimum absolute atomic E-state index is 0.144. The molecule has 0 saturated heterocycles. The van der Waals surface area contributed by atoms with Crippen LogP contribution < -0.4 is 10.1 Å². The molecule has 0 unspecified atom stereocenters. The summed E-state index contributed by atoms with van der Waals surface area (Å²) in [5.41, 5.74) is 1.34. The minimum atomic E-state index is -0.144. The summed E-state index contributed by atoms with van der Waals surface area (Å²) in [7, 11) is 0. The van der Waals surface area contributed by atoms with Crippen molar-refractivity contribution in [2.75, 3.05) is 11.9 Å². The molecule has 0 aliphatic rings. The van der Waals surface area contributed by atoms with Gasteiger partial charge >= 0.3 is 0 Å². The Morgan fingerprint density at radius 1 is 1.19 bits per heavy atom. The third-order valence-electron chi connectivity index (χ3n) is 2.95. The Labute approximate surface area is 133 Å². The normalized spacial score (nSPS) is 10.2. The maximum Gasteiger partial charge on any atom is 0.255 e. The van der Waals surface area contributed by atoms with Gasteiger partial charge in [-0.15, -0.1) is 0 Å². The first kappa shape index (κ1) is 15.6. The monoisotopic (exact) mass is 347 g/mol. The highest BCUT2D eigenvalue weighted by molar-refractivity contribution is 9.10. The summed E-state index contributed by atoms with van der Waals surface area (Å²) in [5, 5.41) is 2.87. The Morgan fingerprint density at radius 3 is 2.76 bits per heavy atom. The molecule has 21 heavy (non-hydrogen) atoms. The maximum absolute atomic E-state index is 12.2. The zero-order chi connectivity index (χ0) is 15.1. The van der Waals surface area contributed by atoms with Crippen LogP contribution in [0.3, 0.4) is 0 Å². The number of unbranched alkanes of at least 4 members (excludes halogenated alkanes) is 1. The number of anilines is 1. The van der Waals surface area contributed by atoms with E-state index < -0.39 is 0 Å². The number of halogens is 1. The lowest BCUT2D eigenvalue weighted by Gasteiger charge is -2.08. The van der Waals surface area contributed by atoms with Gasteiger partial charge in [-0.1, -0.05) is 41.4 Å². The predicted molar refractivity (Wildman–Crippen MR) is 88.9 cm³/mol. The van der Waals surface area contributed by atoms with Gasteiger partial charge in [-0.05, 0) is 42.8 Å². The highest BCUT2D eigenvalue weighted by Crippen LogP contribution is 2.18. The van der Waals surface area contributed by atoms with E-state index in [2.05, 4.69) is 28.2 Å². The van der Waals surface area contributed by atoms with Crippen LogP contribution in [-0.2, 0) is 0 Å². The minimum Gasteiger partial charge on any atom is -0.494 e. The topological polar surface area (TPSA) is 38.3 Å². The quantitative estimate of drug-likeness (QED) is 0.756. The van der Waals surface area contributed by atoms with Crippen molar-refractivity contribution in [1.29, 1.82) is 0 Å². The second-order valence-corrected chi connectivity index (χ2v) is 5.61. The van der Waals surface area contributed by atoms with Crippen LogP contribution in [0.1, 0.15) is 30.1 Å². The van der Waals surface area contributed by atoms with Crippen LogP contribution in [0.25, 0.3) is 0 Å². The molecule has 0 fully saturated rings. The first-order chi connectivity index (χ1) is 10.2. The average molecular weight is 348 g/mol. The van der Waals surface area contributed by atoms with Crippen molar-refractivity contribution in [3.8, 4) is 5.75 Å². The summed E-state index contributed by atoms with van der Waals surface area (Å²) in [6.07, 6.45) is 2.09. The summed E-state index contributed by atoms with van der Waals surface area (Å²) >= 11 is 3.38. The number of ether oxygens (including phenoxy) is 1. The average Bonchev–Trinajstić information content (AvgIpc) is 2.48. The standard InChI is InChI=1S/C17H18BrNO2/c1-2-3-10-21-16-9-4-6-13(11-16)17(20)19-15-8-5-7-14(18)12-15/h4-9,11-12H,2-3,10H2,1H3,(H,19,20). The summed E-state index contributed by atoms with van der Waals surface area (Å²) in [5.74, 6) is 0.583. The molecule has 0 bridgehead atoms. The molecule has 0 heterocycles. The first-order valence-corrected chi connectivity index (χ1v) is 7.78. The largest absolute Gasteiger partial charge is 0.494 e. The van der Waals surface area contributed by atoms with E-state index in [9.17, 15) is 4.79 Å². The first-order valence-electron chi connectivity index (χ1n) is 6.99. The van der Waals surface area contributed by atoms with Crippen molar-refractivity contribution in [3.05, 3.63) is 58.6 Å². The Balaban J connectivity index is 2.03. The molecule has 4 heteroatoms. The summed E-state index contributed by atoms with van der Waals surface area (Å²) in [4.78, 5) is 12.2. The Morgan fingerprint density at radius 2 is 2.00 bits per heavy atom. The van der Waals surface area contributed by atoms with Gasteiger partial charge in [0.2, 0.25) is 0 Å². The van der Waals surface area contributed by atoms with Crippen molar-refractivity contribution in [1.82, 2.24) is 0 Å². The molecular weight excluding hydrogens is 330 g/mol. The molecule has 0 atom stereocenters. The lowest BCUT2D eigenvalue weighted by atomic mass is 10.2. The van der Waals surface area contributed by atoms with Gasteiger partial charge in [-0.25, -0.2) is 0 Å². The van der Waals surface area contributed by atoms with E-state index in [1.54, 1.807) is 12.1 Å². The molecular formula is C17H18BrNO2. The molecule has 110 valence electrons. The van der Waals surface area contributed by atoms with E-state index in [4.69, 9.17) is 4.74 Å². The number of hydrogen-bond acceptors (Lipinski definition) is 2. The highest BCUT2D eigenvalue weighted by atomic mass is 79.9. The van der Waals surface area contributed by atoms with Gasteiger partial charge in [0.05, 0.1) is 6.61 Å². The molecule has 0 spiro atoms. The van der Waals surface area contributed by atoms with E-state index in [-0.39, 0.29) is 5.91 Å². The fourth-order valence-electron chi connectivity index (χ4n) is 1.83. The van der Waals surface area contributed by atoms with Crippen LogP contribution in [-0.4, -0.2) is 12.5 Å². The number of nitrogens with one attached hydrogen (secondary N) is 1. The number of amides is 1. The van der Waals surface area contributed by atoms with Crippen molar-refractivity contribution >= 4 is 27.5 Å². The number of carbonyl (C=O) groups excluding carboxylic acids is 1. The molecule has 0 aliphatic carbocycles. The van der Waals surface area contributed by atoms with E-state index >= 15 is 0 Å². The number of hydrogen-bond donors (Lipinski definition) is 1. The van der Waals surface area contributed by atoms with Gasteiger partial charge < -0.3 is 10.1 Å². The molecule has 1 N–H and O–H groups in total. The van der Waals surface area contributed by atoms with Crippen molar-refractivity contribution in [2.24, 2.45) is 0 Å². The molecule has 0 saturated carbocycles. The van der Waals surface area contributed by atoms with E-state index in [0.29, 0.717) is 12.2 Å². The highest BCUT2D eigenvalue weighted by Gasteiger charge is 2.07. The van der Waals surface area contributed by atoms with Gasteiger partial charge in [0.15, 0.2) is 0 Å². The zero-order valence-electron chi connectivity index (χ0n) is 11.9. The van der Waals surface area contributed by atoms with Gasteiger partial charge in [0.25, 0.3) is 5.91 Å². The molecule has 0 radical (unpaired) electrons. The predicted octanol–water partition coefficient (Wildman–Crippen LogP) is 4.88. The summed E-state index contributed by atoms with van der Waals surface area (Å²) in [6.45, 7) is 2.79. The molecule has 2 aromatic rings. The third-order valence-corrected chi connectivity index (χ3v) is 3.44. The van der Waals surface area contributed by atoms with Crippen LogP contribution in [0, 0.1) is 0 Å². The second-order valence-electron chi connectivity index (χ2n) is 4.69. The SMILES string of the molecule is CCCCOc1cccc(C(=O)Nc2cccc(Br)c2)c1. The van der Waals surface area contributed by atoms with Crippen LogP contribution in [0.2, 0.25) is 0 Å². The van der Waals surface area contributed by atoms with Crippen molar-refractivity contribution in [3.63, 3.8) is 0 Å². The molecule has 1 amide bonds. The van der Waals surface area contributed by atoms with E-state index in [0.717, 1.165) is 28.8 Å².